The van der Waals surface area contributed by atoms with Crippen LogP contribution >= 0.6 is 0 Å². The van der Waals surface area contributed by atoms with Crippen LogP contribution in [0, 0.1) is 17.1 Å². The molecule has 0 spiro atoms. The van der Waals surface area contributed by atoms with Crippen molar-refractivity contribution in [3.05, 3.63) is 52.3 Å². The first-order chi connectivity index (χ1) is 9.51. The van der Waals surface area contributed by atoms with Crippen LogP contribution in [0.2, 0.25) is 0 Å². The third-order valence-electron chi connectivity index (χ3n) is 2.39. The highest BCUT2D eigenvalue weighted by atomic mass is 19.1. The largest absolute Gasteiger partial charge is 0.381 e. The molecule has 2 rings (SSSR count). The number of nitrogen functional groups attached to an aromatic ring is 1. The average molecular weight is 273 g/mol. The predicted octanol–water partition coefficient (Wildman–Crippen LogP) is 0.916. The molecule has 3 N–H and O–H groups in total. The quantitative estimate of drug-likeness (QED) is 0.801. The standard InChI is InChI=1S/C12H8FN5O2/c13-9-6-18(12(20)17-10(9)15)11(19)16-8-3-1-7(5-14)2-4-8/h1-4,6H,(H,16,19)(H2,15,17,20). The molecule has 0 saturated heterocycles. The van der Waals surface area contributed by atoms with Crippen molar-refractivity contribution in [3.8, 4) is 6.07 Å². The van der Waals surface area contributed by atoms with Gasteiger partial charge < -0.3 is 11.1 Å². The smallest absolute Gasteiger partial charge is 0.357 e. The van der Waals surface area contributed by atoms with Gasteiger partial charge in [-0.1, -0.05) is 0 Å². The van der Waals surface area contributed by atoms with Crippen molar-refractivity contribution >= 4 is 17.5 Å². The summed E-state index contributed by atoms with van der Waals surface area (Å²) in [5.41, 5.74) is 4.88. The first-order valence-electron chi connectivity index (χ1n) is 5.37. The van der Waals surface area contributed by atoms with Gasteiger partial charge >= 0.3 is 11.7 Å². The lowest BCUT2D eigenvalue weighted by atomic mass is 10.2. The van der Waals surface area contributed by atoms with E-state index in [-0.39, 0.29) is 0 Å². The molecule has 0 aliphatic heterocycles. The maximum absolute atomic E-state index is 13.2. The number of carbonyl (C=O) groups is 1. The first-order valence-corrected chi connectivity index (χ1v) is 5.37. The number of hydrogen-bond acceptors (Lipinski definition) is 5. The molecule has 0 atom stereocenters. The van der Waals surface area contributed by atoms with Gasteiger partial charge in [-0.25, -0.2) is 18.5 Å². The summed E-state index contributed by atoms with van der Waals surface area (Å²) in [6.07, 6.45) is 0.656. The Balaban J connectivity index is 2.26. The number of rotatable bonds is 1. The monoisotopic (exact) mass is 273 g/mol. The van der Waals surface area contributed by atoms with Gasteiger partial charge in [0.05, 0.1) is 17.8 Å². The van der Waals surface area contributed by atoms with Crippen molar-refractivity contribution in [3.63, 3.8) is 0 Å². The van der Waals surface area contributed by atoms with E-state index in [4.69, 9.17) is 11.0 Å². The zero-order valence-electron chi connectivity index (χ0n) is 10.0. The lowest BCUT2D eigenvalue weighted by Crippen LogP contribution is -2.33. The molecule has 0 saturated carbocycles. The molecule has 0 unspecified atom stereocenters. The molecule has 0 radical (unpaired) electrons. The molecular weight excluding hydrogens is 265 g/mol. The molecule has 7 nitrogen and oxygen atoms in total. The van der Waals surface area contributed by atoms with Gasteiger partial charge in [-0.15, -0.1) is 0 Å². The number of nitrogens with two attached hydrogens (primary N) is 1. The summed E-state index contributed by atoms with van der Waals surface area (Å²) >= 11 is 0. The van der Waals surface area contributed by atoms with Gasteiger partial charge in [0.1, 0.15) is 0 Å². The van der Waals surface area contributed by atoms with Crippen LogP contribution in [0.1, 0.15) is 5.56 Å². The molecule has 0 aliphatic rings. The fourth-order valence-corrected chi connectivity index (χ4v) is 1.40. The Hall–Kier alpha value is -3.21. The number of halogens is 1. The molecule has 1 amide bonds. The first kappa shape index (κ1) is 13.2. The predicted molar refractivity (Wildman–Crippen MR) is 68.4 cm³/mol. The summed E-state index contributed by atoms with van der Waals surface area (Å²) < 4.78 is 13.7. The van der Waals surface area contributed by atoms with Gasteiger partial charge in [0.2, 0.25) is 0 Å². The number of nitriles is 1. The van der Waals surface area contributed by atoms with Crippen molar-refractivity contribution in [2.75, 3.05) is 11.1 Å². The maximum atomic E-state index is 13.2. The summed E-state index contributed by atoms with van der Waals surface area (Å²) in [6, 6.07) is 6.96. The molecule has 2 aromatic rings. The second-order valence-electron chi connectivity index (χ2n) is 3.75. The fraction of sp³-hybridized carbons (Fsp3) is 0. The van der Waals surface area contributed by atoms with Gasteiger partial charge in [0.15, 0.2) is 11.6 Å². The summed E-state index contributed by atoms with van der Waals surface area (Å²) in [4.78, 5) is 26.4. The average Bonchev–Trinajstić information content (AvgIpc) is 2.43. The number of anilines is 2. The SMILES string of the molecule is N#Cc1ccc(NC(=O)n2cc(F)c(N)nc2=O)cc1. The molecule has 20 heavy (non-hydrogen) atoms. The summed E-state index contributed by atoms with van der Waals surface area (Å²) in [5.74, 6) is -1.54. The number of benzene rings is 1. The number of nitrogens with zero attached hydrogens (tertiary/aromatic N) is 3. The minimum atomic E-state index is -0.991. The topological polar surface area (TPSA) is 114 Å². The molecular formula is C12H8FN5O2. The molecule has 0 aliphatic carbocycles. The van der Waals surface area contributed by atoms with Crippen molar-refractivity contribution in [1.29, 1.82) is 5.26 Å². The van der Waals surface area contributed by atoms with E-state index in [1.165, 1.54) is 24.3 Å². The third-order valence-corrected chi connectivity index (χ3v) is 2.39. The van der Waals surface area contributed by atoms with Crippen LogP contribution in [0.15, 0.2) is 35.3 Å². The van der Waals surface area contributed by atoms with Crippen LogP contribution in [0.25, 0.3) is 0 Å². The fourth-order valence-electron chi connectivity index (χ4n) is 1.40. The van der Waals surface area contributed by atoms with E-state index in [2.05, 4.69) is 10.3 Å². The minimum Gasteiger partial charge on any atom is -0.381 e. The van der Waals surface area contributed by atoms with Crippen LogP contribution in [-0.2, 0) is 0 Å². The van der Waals surface area contributed by atoms with E-state index >= 15 is 0 Å². The zero-order valence-corrected chi connectivity index (χ0v) is 10.0. The Morgan fingerprint density at radius 2 is 2.05 bits per heavy atom. The summed E-state index contributed by atoms with van der Waals surface area (Å²) in [6.45, 7) is 0. The normalized spacial score (nSPS) is 9.80. The number of hydrogen-bond donors (Lipinski definition) is 2. The van der Waals surface area contributed by atoms with E-state index in [9.17, 15) is 14.0 Å². The molecule has 100 valence electrons. The number of amides is 1. The van der Waals surface area contributed by atoms with Crippen LogP contribution in [0.5, 0.6) is 0 Å². The molecule has 0 fully saturated rings. The van der Waals surface area contributed by atoms with Crippen LogP contribution < -0.4 is 16.7 Å². The molecule has 1 heterocycles. The van der Waals surface area contributed by atoms with Gasteiger partial charge in [-0.3, -0.25) is 0 Å². The molecule has 1 aromatic heterocycles. The second-order valence-corrected chi connectivity index (χ2v) is 3.75. The molecule has 0 bridgehead atoms. The highest BCUT2D eigenvalue weighted by molar-refractivity contribution is 5.90. The Kier molecular flexibility index (Phi) is 3.43. The third kappa shape index (κ3) is 2.62. The van der Waals surface area contributed by atoms with E-state index in [1.807, 2.05) is 6.07 Å². The molecule has 1 aromatic carbocycles. The number of aromatic nitrogens is 2. The van der Waals surface area contributed by atoms with Crippen molar-refractivity contribution in [1.82, 2.24) is 9.55 Å². The van der Waals surface area contributed by atoms with Gasteiger partial charge in [0.25, 0.3) is 0 Å². The Labute approximate surface area is 112 Å². The van der Waals surface area contributed by atoms with E-state index in [0.717, 1.165) is 0 Å². The molecule has 8 heteroatoms. The van der Waals surface area contributed by atoms with E-state index in [1.54, 1.807) is 0 Å². The summed E-state index contributed by atoms with van der Waals surface area (Å²) in [5, 5.41) is 11.0. The van der Waals surface area contributed by atoms with Crippen molar-refractivity contribution < 1.29 is 9.18 Å². The lowest BCUT2D eigenvalue weighted by Gasteiger charge is -2.07. The van der Waals surface area contributed by atoms with E-state index < -0.39 is 23.4 Å². The maximum Gasteiger partial charge on any atom is 0.357 e. The van der Waals surface area contributed by atoms with Gasteiger partial charge in [-0.2, -0.15) is 10.2 Å². The Morgan fingerprint density at radius 1 is 1.40 bits per heavy atom. The Morgan fingerprint density at radius 3 is 2.65 bits per heavy atom. The van der Waals surface area contributed by atoms with Crippen LogP contribution in [0.3, 0.4) is 0 Å². The van der Waals surface area contributed by atoms with Crippen LogP contribution in [-0.4, -0.2) is 15.6 Å². The van der Waals surface area contributed by atoms with E-state index in [0.29, 0.717) is 22.0 Å². The van der Waals surface area contributed by atoms with Crippen molar-refractivity contribution in [2.45, 2.75) is 0 Å². The Bertz CT molecular complexity index is 761. The number of nitrogens with one attached hydrogen (secondary N) is 1. The lowest BCUT2D eigenvalue weighted by molar-refractivity contribution is 0.252. The van der Waals surface area contributed by atoms with Gasteiger partial charge in [-0.05, 0) is 24.3 Å². The summed E-state index contributed by atoms with van der Waals surface area (Å²) in [7, 11) is 0. The number of carbonyl (C=O) groups excluding carboxylic acids is 1. The van der Waals surface area contributed by atoms with Crippen molar-refractivity contribution in [2.24, 2.45) is 0 Å². The highest BCUT2D eigenvalue weighted by Crippen LogP contribution is 2.09. The minimum absolute atomic E-state index is 0.345. The van der Waals surface area contributed by atoms with Crippen LogP contribution in [0.4, 0.5) is 20.7 Å². The zero-order chi connectivity index (χ0) is 14.7. The highest BCUT2D eigenvalue weighted by Gasteiger charge is 2.12. The second kappa shape index (κ2) is 5.19. The van der Waals surface area contributed by atoms with Gasteiger partial charge in [0, 0.05) is 5.69 Å².